The van der Waals surface area contributed by atoms with E-state index in [1.165, 1.54) is 32.1 Å². The van der Waals surface area contributed by atoms with Gasteiger partial charge in [-0.15, -0.1) is 0 Å². The van der Waals surface area contributed by atoms with Crippen LogP contribution < -0.4 is 0 Å². The molecule has 4 heteroatoms. The predicted molar refractivity (Wildman–Crippen MR) is 92.7 cm³/mol. The molecule has 4 nitrogen and oxygen atoms in total. The number of esters is 1. The fraction of sp³-hybridized carbons (Fsp3) is 0.952. The van der Waals surface area contributed by atoms with Gasteiger partial charge in [0.25, 0.3) is 0 Å². The Labute approximate surface area is 151 Å². The molecule has 3 saturated carbocycles. The van der Waals surface area contributed by atoms with Crippen molar-refractivity contribution in [2.75, 3.05) is 19.8 Å². The first-order valence-electron chi connectivity index (χ1n) is 10.4. The number of carbonyl (C=O) groups is 1. The number of cyclic esters (lactones) is 1. The van der Waals surface area contributed by atoms with E-state index >= 15 is 0 Å². The monoisotopic (exact) mass is 348 g/mol. The van der Waals surface area contributed by atoms with Crippen LogP contribution in [0.5, 0.6) is 0 Å². The number of ether oxygens (including phenoxy) is 3. The van der Waals surface area contributed by atoms with Gasteiger partial charge in [0.15, 0.2) is 5.79 Å². The van der Waals surface area contributed by atoms with E-state index in [2.05, 4.69) is 13.8 Å². The third-order valence-corrected chi connectivity index (χ3v) is 9.18. The fourth-order valence-electron chi connectivity index (χ4n) is 7.79. The van der Waals surface area contributed by atoms with Crippen molar-refractivity contribution in [3.63, 3.8) is 0 Å². The Bertz CT molecular complexity index is 568. The normalized spacial score (nSPS) is 51.4. The molecule has 1 spiro atoms. The largest absolute Gasteiger partial charge is 0.466 e. The molecule has 3 aliphatic carbocycles. The van der Waals surface area contributed by atoms with Gasteiger partial charge in [0, 0.05) is 18.3 Å². The Balaban J connectivity index is 1.46. The molecule has 0 amide bonds. The average Bonchev–Trinajstić information content (AvgIpc) is 3.13. The number of rotatable bonds is 0. The van der Waals surface area contributed by atoms with Gasteiger partial charge in [0.2, 0.25) is 0 Å². The summed E-state index contributed by atoms with van der Waals surface area (Å²) in [6.07, 6.45) is 8.92. The Kier molecular flexibility index (Phi) is 3.61. The van der Waals surface area contributed by atoms with Crippen molar-refractivity contribution in [2.45, 2.75) is 71.0 Å². The highest BCUT2D eigenvalue weighted by Gasteiger charge is 2.67. The summed E-state index contributed by atoms with van der Waals surface area (Å²) >= 11 is 0. The van der Waals surface area contributed by atoms with E-state index in [1.54, 1.807) is 0 Å². The number of carbonyl (C=O) groups excluding carboxylic acids is 1. The van der Waals surface area contributed by atoms with Crippen molar-refractivity contribution in [1.29, 1.82) is 0 Å². The average molecular weight is 348 g/mol. The summed E-state index contributed by atoms with van der Waals surface area (Å²) in [5.74, 6) is 2.45. The quantitative estimate of drug-likeness (QED) is 0.622. The Morgan fingerprint density at radius 3 is 2.44 bits per heavy atom. The minimum Gasteiger partial charge on any atom is -0.466 e. The Morgan fingerprint density at radius 2 is 1.64 bits per heavy atom. The van der Waals surface area contributed by atoms with Crippen LogP contribution in [0.4, 0.5) is 0 Å². The molecule has 0 N–H and O–H groups in total. The van der Waals surface area contributed by atoms with E-state index in [4.69, 9.17) is 14.2 Å². The molecule has 5 rings (SSSR count). The number of fused-ring (bicyclic) bond motifs is 6. The molecule has 2 heterocycles. The van der Waals surface area contributed by atoms with Gasteiger partial charge in [0.1, 0.15) is 0 Å². The minimum absolute atomic E-state index is 0.0281. The maximum atomic E-state index is 12.0. The highest BCUT2D eigenvalue weighted by Crippen LogP contribution is 2.68. The molecule has 140 valence electrons. The molecular formula is C21H32O4. The summed E-state index contributed by atoms with van der Waals surface area (Å²) in [7, 11) is 0. The zero-order valence-electron chi connectivity index (χ0n) is 15.7. The standard InChI is InChI=1S/C21H32O4/c1-19-9-10-23-18(22)13-14(19)3-4-15-16(19)5-7-20(2)17(15)6-8-21(20)24-11-12-25-21/h14-17H,3-13H2,1-2H3/t14-,15+,16-,17-,19-,20-/m0/s1. The van der Waals surface area contributed by atoms with E-state index in [9.17, 15) is 4.79 Å². The molecule has 5 aliphatic rings. The first kappa shape index (κ1) is 16.6. The van der Waals surface area contributed by atoms with Crippen LogP contribution in [0, 0.1) is 34.5 Å². The van der Waals surface area contributed by atoms with Gasteiger partial charge >= 0.3 is 5.97 Å². The lowest BCUT2D eigenvalue weighted by Gasteiger charge is -2.59. The highest BCUT2D eigenvalue weighted by atomic mass is 16.7. The van der Waals surface area contributed by atoms with Crippen molar-refractivity contribution < 1.29 is 19.0 Å². The third-order valence-electron chi connectivity index (χ3n) is 9.18. The van der Waals surface area contributed by atoms with E-state index in [1.807, 2.05) is 0 Å². The van der Waals surface area contributed by atoms with Crippen LogP contribution in [0.2, 0.25) is 0 Å². The van der Waals surface area contributed by atoms with Gasteiger partial charge in [-0.05, 0) is 67.6 Å². The molecule has 0 aromatic heterocycles. The molecule has 0 unspecified atom stereocenters. The molecule has 2 aliphatic heterocycles. The molecule has 6 atom stereocenters. The second-order valence-corrected chi connectivity index (χ2v) is 9.78. The van der Waals surface area contributed by atoms with Crippen LogP contribution in [0.25, 0.3) is 0 Å². The summed E-state index contributed by atoms with van der Waals surface area (Å²) in [6, 6.07) is 0. The SMILES string of the molecule is C[C@]12CCOC(=O)C[C@@H]1CC[C@@H]1[C@@H]2CC[C@@]2(C)[C@H]1CCC21OCCO1. The maximum Gasteiger partial charge on any atom is 0.306 e. The second kappa shape index (κ2) is 5.45. The van der Waals surface area contributed by atoms with E-state index < -0.39 is 0 Å². The first-order valence-corrected chi connectivity index (χ1v) is 10.4. The zero-order valence-corrected chi connectivity index (χ0v) is 15.7. The van der Waals surface area contributed by atoms with E-state index in [0.717, 1.165) is 37.9 Å². The summed E-state index contributed by atoms with van der Waals surface area (Å²) in [6.45, 7) is 7.05. The molecule has 0 aromatic carbocycles. The van der Waals surface area contributed by atoms with E-state index in [-0.39, 0.29) is 22.6 Å². The van der Waals surface area contributed by atoms with Gasteiger partial charge in [-0.25, -0.2) is 0 Å². The van der Waals surface area contributed by atoms with Crippen molar-refractivity contribution >= 4 is 5.97 Å². The minimum atomic E-state index is -0.303. The summed E-state index contributed by atoms with van der Waals surface area (Å²) < 4.78 is 17.9. The van der Waals surface area contributed by atoms with Crippen LogP contribution in [-0.2, 0) is 19.0 Å². The van der Waals surface area contributed by atoms with Gasteiger partial charge in [-0.1, -0.05) is 13.8 Å². The van der Waals surface area contributed by atoms with Crippen LogP contribution in [0.1, 0.15) is 65.2 Å². The van der Waals surface area contributed by atoms with Gasteiger partial charge < -0.3 is 14.2 Å². The molecular weight excluding hydrogens is 316 g/mol. The molecule has 0 aromatic rings. The Morgan fingerprint density at radius 1 is 0.880 bits per heavy atom. The molecule has 0 radical (unpaired) electrons. The summed E-state index contributed by atoms with van der Waals surface area (Å²) in [5.41, 5.74) is 0.439. The van der Waals surface area contributed by atoms with E-state index in [0.29, 0.717) is 24.9 Å². The summed E-state index contributed by atoms with van der Waals surface area (Å²) in [5, 5.41) is 0. The molecule has 5 fully saturated rings. The molecule has 25 heavy (non-hydrogen) atoms. The van der Waals surface area contributed by atoms with Crippen LogP contribution in [0.15, 0.2) is 0 Å². The lowest BCUT2D eigenvalue weighted by atomic mass is 9.46. The van der Waals surface area contributed by atoms with Crippen LogP contribution in [0.3, 0.4) is 0 Å². The smallest absolute Gasteiger partial charge is 0.306 e. The van der Waals surface area contributed by atoms with Crippen molar-refractivity contribution in [1.82, 2.24) is 0 Å². The van der Waals surface area contributed by atoms with Crippen LogP contribution in [-0.4, -0.2) is 31.6 Å². The topological polar surface area (TPSA) is 44.8 Å². The fourth-order valence-corrected chi connectivity index (χ4v) is 7.79. The number of hydrogen-bond acceptors (Lipinski definition) is 4. The molecule has 0 bridgehead atoms. The van der Waals surface area contributed by atoms with Gasteiger partial charge in [-0.2, -0.15) is 0 Å². The highest BCUT2D eigenvalue weighted by molar-refractivity contribution is 5.70. The van der Waals surface area contributed by atoms with Gasteiger partial charge in [-0.3, -0.25) is 4.79 Å². The zero-order chi connectivity index (χ0) is 17.3. The van der Waals surface area contributed by atoms with Gasteiger partial charge in [0.05, 0.1) is 19.8 Å². The predicted octanol–water partition coefficient (Wildman–Crippen LogP) is 3.93. The summed E-state index contributed by atoms with van der Waals surface area (Å²) in [4.78, 5) is 12.0. The first-order chi connectivity index (χ1) is 12.0. The lowest BCUT2D eigenvalue weighted by molar-refractivity contribution is -0.246. The Hall–Kier alpha value is -0.610. The van der Waals surface area contributed by atoms with Crippen molar-refractivity contribution in [3.8, 4) is 0 Å². The third kappa shape index (κ3) is 2.10. The second-order valence-electron chi connectivity index (χ2n) is 9.78. The van der Waals surface area contributed by atoms with Crippen molar-refractivity contribution in [2.24, 2.45) is 34.5 Å². The maximum absolute atomic E-state index is 12.0. The number of hydrogen-bond donors (Lipinski definition) is 0. The van der Waals surface area contributed by atoms with Crippen molar-refractivity contribution in [3.05, 3.63) is 0 Å². The lowest BCUT2D eigenvalue weighted by Crippen LogP contribution is -2.56. The molecule has 2 saturated heterocycles. The van der Waals surface area contributed by atoms with Crippen LogP contribution >= 0.6 is 0 Å².